The Kier molecular flexibility index (Phi) is 3.53. The molecule has 0 saturated heterocycles. The fourth-order valence-corrected chi connectivity index (χ4v) is 3.34. The summed E-state index contributed by atoms with van der Waals surface area (Å²) < 4.78 is 0. The van der Waals surface area contributed by atoms with Crippen LogP contribution in [0, 0.1) is 5.41 Å². The molecule has 0 amide bonds. The van der Waals surface area contributed by atoms with Crippen molar-refractivity contribution in [2.45, 2.75) is 32.1 Å². The Balaban J connectivity index is 2.08. The summed E-state index contributed by atoms with van der Waals surface area (Å²) in [6, 6.07) is 7.93. The molecule has 3 rings (SSSR count). The van der Waals surface area contributed by atoms with Gasteiger partial charge in [-0.1, -0.05) is 43.5 Å². The third-order valence-electron chi connectivity index (χ3n) is 4.60. The van der Waals surface area contributed by atoms with Crippen molar-refractivity contribution in [3.8, 4) is 0 Å². The van der Waals surface area contributed by atoms with Gasteiger partial charge in [-0.25, -0.2) is 0 Å². The highest BCUT2D eigenvalue weighted by molar-refractivity contribution is 6.10. The number of hydrogen-bond donors (Lipinski definition) is 1. The Morgan fingerprint density at radius 3 is 2.65 bits per heavy atom. The van der Waals surface area contributed by atoms with Crippen LogP contribution >= 0.6 is 0 Å². The molecule has 0 aliphatic heterocycles. The average Bonchev–Trinajstić information content (AvgIpc) is 2.54. The van der Waals surface area contributed by atoms with Gasteiger partial charge >= 0.3 is 0 Å². The zero-order chi connectivity index (χ0) is 14.0. The van der Waals surface area contributed by atoms with Crippen molar-refractivity contribution in [3.63, 3.8) is 0 Å². The zero-order valence-corrected chi connectivity index (χ0v) is 11.6. The highest BCUT2D eigenvalue weighted by Gasteiger charge is 2.39. The van der Waals surface area contributed by atoms with Gasteiger partial charge < -0.3 is 5.73 Å². The number of aromatic nitrogens is 1. The molecule has 1 heterocycles. The van der Waals surface area contributed by atoms with Crippen LogP contribution in [0.3, 0.4) is 0 Å². The predicted molar refractivity (Wildman–Crippen MR) is 80.6 cm³/mol. The van der Waals surface area contributed by atoms with Gasteiger partial charge in [-0.2, -0.15) is 0 Å². The lowest BCUT2D eigenvalue weighted by Crippen LogP contribution is -2.40. The molecule has 3 nitrogen and oxygen atoms in total. The van der Waals surface area contributed by atoms with Gasteiger partial charge in [-0.15, -0.1) is 0 Å². The predicted octanol–water partition coefficient (Wildman–Crippen LogP) is 3.33. The second-order valence-electron chi connectivity index (χ2n) is 5.78. The van der Waals surface area contributed by atoms with Crippen molar-refractivity contribution >= 4 is 16.6 Å². The van der Waals surface area contributed by atoms with E-state index in [0.29, 0.717) is 6.54 Å². The number of rotatable bonds is 3. The normalized spacial score (nSPS) is 18.1. The monoisotopic (exact) mass is 268 g/mol. The van der Waals surface area contributed by atoms with E-state index in [9.17, 15) is 4.79 Å². The van der Waals surface area contributed by atoms with Gasteiger partial charge in [0.15, 0.2) is 5.78 Å². The number of carbonyl (C=O) groups is 1. The van der Waals surface area contributed by atoms with Crippen molar-refractivity contribution in [1.29, 1.82) is 0 Å². The Bertz CT molecular complexity index is 624. The van der Waals surface area contributed by atoms with E-state index in [0.717, 1.165) is 42.0 Å². The number of nitrogens with two attached hydrogens (primary N) is 1. The average molecular weight is 268 g/mol. The lowest BCUT2D eigenvalue weighted by atomic mass is 9.69. The second-order valence-corrected chi connectivity index (χ2v) is 5.78. The maximum Gasteiger partial charge on any atom is 0.172 e. The number of fused-ring (bicyclic) bond motifs is 1. The third-order valence-corrected chi connectivity index (χ3v) is 4.60. The number of pyridine rings is 1. The van der Waals surface area contributed by atoms with Crippen molar-refractivity contribution < 1.29 is 4.79 Å². The molecule has 0 radical (unpaired) electrons. The third kappa shape index (κ3) is 2.12. The number of benzene rings is 1. The standard InChI is InChI=1S/C17H20N2O/c18-12-17(8-4-1-5-9-17)16(20)15-11-19-10-13-6-2-3-7-14(13)15/h2-3,6-7,10-11H,1,4-5,8-9,12,18H2. The van der Waals surface area contributed by atoms with E-state index < -0.39 is 0 Å². The van der Waals surface area contributed by atoms with Crippen LogP contribution in [-0.2, 0) is 0 Å². The Hall–Kier alpha value is -1.74. The summed E-state index contributed by atoms with van der Waals surface area (Å²) in [5, 5.41) is 2.01. The van der Waals surface area contributed by atoms with Crippen LogP contribution < -0.4 is 5.73 Å². The first-order chi connectivity index (χ1) is 9.77. The summed E-state index contributed by atoms with van der Waals surface area (Å²) in [5.74, 6) is 0.184. The number of Topliss-reactive ketones (excluding diaryl/α,β-unsaturated/α-hetero) is 1. The Morgan fingerprint density at radius 2 is 1.90 bits per heavy atom. The molecule has 0 atom stereocenters. The highest BCUT2D eigenvalue weighted by Crippen LogP contribution is 2.39. The van der Waals surface area contributed by atoms with Crippen LogP contribution in [0.15, 0.2) is 36.7 Å². The van der Waals surface area contributed by atoms with Crippen LogP contribution in [0.1, 0.15) is 42.5 Å². The van der Waals surface area contributed by atoms with Gasteiger partial charge in [0.1, 0.15) is 0 Å². The first-order valence-electron chi connectivity index (χ1n) is 7.34. The summed E-state index contributed by atoms with van der Waals surface area (Å²) in [7, 11) is 0. The molecule has 1 aromatic heterocycles. The topological polar surface area (TPSA) is 56.0 Å². The van der Waals surface area contributed by atoms with Crippen molar-refractivity contribution in [2.24, 2.45) is 11.1 Å². The molecule has 0 unspecified atom stereocenters. The zero-order valence-electron chi connectivity index (χ0n) is 11.6. The molecule has 1 aliphatic rings. The van der Waals surface area contributed by atoms with E-state index in [2.05, 4.69) is 4.98 Å². The molecular formula is C17H20N2O. The molecule has 0 bridgehead atoms. The molecule has 3 heteroatoms. The SMILES string of the molecule is NCC1(C(=O)c2cncc3ccccc23)CCCCC1. The van der Waals surface area contributed by atoms with E-state index in [1.165, 1.54) is 6.42 Å². The van der Waals surface area contributed by atoms with Gasteiger partial charge in [0.2, 0.25) is 0 Å². The lowest BCUT2D eigenvalue weighted by molar-refractivity contribution is 0.0731. The fourth-order valence-electron chi connectivity index (χ4n) is 3.34. The molecule has 2 aromatic rings. The van der Waals surface area contributed by atoms with Crippen molar-refractivity contribution in [2.75, 3.05) is 6.54 Å². The van der Waals surface area contributed by atoms with Gasteiger partial charge in [0, 0.05) is 35.3 Å². The van der Waals surface area contributed by atoms with E-state index in [1.807, 2.05) is 30.5 Å². The van der Waals surface area contributed by atoms with E-state index >= 15 is 0 Å². The highest BCUT2D eigenvalue weighted by atomic mass is 16.1. The molecule has 0 spiro atoms. The summed E-state index contributed by atoms with van der Waals surface area (Å²) in [5.41, 5.74) is 6.34. The first kappa shape index (κ1) is 13.3. The molecule has 20 heavy (non-hydrogen) atoms. The van der Waals surface area contributed by atoms with Gasteiger partial charge in [-0.05, 0) is 18.2 Å². The maximum absolute atomic E-state index is 13.0. The summed E-state index contributed by atoms with van der Waals surface area (Å²) in [6.07, 6.45) is 8.74. The molecule has 1 aliphatic carbocycles. The largest absolute Gasteiger partial charge is 0.329 e. The van der Waals surface area contributed by atoms with Crippen LogP contribution in [0.4, 0.5) is 0 Å². The van der Waals surface area contributed by atoms with Crippen molar-refractivity contribution in [3.05, 3.63) is 42.2 Å². The summed E-state index contributed by atoms with van der Waals surface area (Å²) in [4.78, 5) is 17.3. The molecule has 1 fully saturated rings. The van der Waals surface area contributed by atoms with Crippen LogP contribution in [-0.4, -0.2) is 17.3 Å². The molecule has 2 N–H and O–H groups in total. The number of hydrogen-bond acceptors (Lipinski definition) is 3. The molecule has 1 aromatic carbocycles. The van der Waals surface area contributed by atoms with Crippen molar-refractivity contribution in [1.82, 2.24) is 4.98 Å². The quantitative estimate of drug-likeness (QED) is 0.869. The minimum absolute atomic E-state index is 0.184. The number of nitrogens with zero attached hydrogens (tertiary/aromatic N) is 1. The van der Waals surface area contributed by atoms with Gasteiger partial charge in [0.05, 0.1) is 0 Å². The Labute approximate surface area is 119 Å². The maximum atomic E-state index is 13.0. The molecular weight excluding hydrogens is 248 g/mol. The molecule has 104 valence electrons. The lowest BCUT2D eigenvalue weighted by Gasteiger charge is -2.34. The molecule has 1 saturated carbocycles. The summed E-state index contributed by atoms with van der Waals surface area (Å²) >= 11 is 0. The smallest absolute Gasteiger partial charge is 0.172 e. The van der Waals surface area contributed by atoms with Gasteiger partial charge in [-0.3, -0.25) is 9.78 Å². The summed E-state index contributed by atoms with van der Waals surface area (Å²) in [6.45, 7) is 0.440. The minimum Gasteiger partial charge on any atom is -0.329 e. The van der Waals surface area contributed by atoms with Crippen LogP contribution in [0.5, 0.6) is 0 Å². The van der Waals surface area contributed by atoms with E-state index in [4.69, 9.17) is 5.73 Å². The van der Waals surface area contributed by atoms with Crippen LogP contribution in [0.25, 0.3) is 10.8 Å². The second kappa shape index (κ2) is 5.33. The fraction of sp³-hybridized carbons (Fsp3) is 0.412. The van der Waals surface area contributed by atoms with Crippen LogP contribution in [0.2, 0.25) is 0 Å². The van der Waals surface area contributed by atoms with E-state index in [1.54, 1.807) is 6.20 Å². The van der Waals surface area contributed by atoms with Gasteiger partial charge in [0.25, 0.3) is 0 Å². The first-order valence-corrected chi connectivity index (χ1v) is 7.34. The minimum atomic E-state index is -0.371. The van der Waals surface area contributed by atoms with E-state index in [-0.39, 0.29) is 11.2 Å². The Morgan fingerprint density at radius 1 is 1.15 bits per heavy atom. The number of ketones is 1. The number of carbonyl (C=O) groups excluding carboxylic acids is 1.